The number of nitrogens with one attached hydrogen (secondary N) is 1. The average Bonchev–Trinajstić information content (AvgIpc) is 2.07. The van der Waals surface area contributed by atoms with Crippen molar-refractivity contribution >= 4 is 0 Å². The van der Waals surface area contributed by atoms with E-state index in [1.165, 1.54) is 0 Å². The zero-order valence-electron chi connectivity index (χ0n) is 6.93. The quantitative estimate of drug-likeness (QED) is 0.742. The molecule has 1 N–H and O–H groups in total. The van der Waals surface area contributed by atoms with Crippen molar-refractivity contribution in [3.63, 3.8) is 0 Å². The molecule has 1 rings (SSSR count). The Bertz CT molecular complexity index is 308. The van der Waals surface area contributed by atoms with E-state index in [1.807, 2.05) is 6.92 Å². The van der Waals surface area contributed by atoms with E-state index in [1.54, 1.807) is 0 Å². The van der Waals surface area contributed by atoms with Crippen LogP contribution in [0.5, 0.6) is 0 Å². The molecule has 0 saturated carbocycles. The van der Waals surface area contributed by atoms with Crippen molar-refractivity contribution in [2.75, 3.05) is 0 Å². The van der Waals surface area contributed by atoms with Gasteiger partial charge in [0.25, 0.3) is 0 Å². The fourth-order valence-electron chi connectivity index (χ4n) is 0.950. The maximum atomic E-state index is 12.9. The van der Waals surface area contributed by atoms with E-state index >= 15 is 0 Å². The molecule has 66 valence electrons. The monoisotopic (exact) mass is 170 g/mol. The number of H-pyrrole nitrogens is 1. The van der Waals surface area contributed by atoms with Gasteiger partial charge in [0.1, 0.15) is 0 Å². The van der Waals surface area contributed by atoms with E-state index < -0.39 is 11.5 Å². The van der Waals surface area contributed by atoms with Crippen LogP contribution in [0.4, 0.5) is 4.39 Å². The second kappa shape index (κ2) is 3.99. The van der Waals surface area contributed by atoms with Gasteiger partial charge in [0.05, 0.1) is 11.9 Å². The van der Waals surface area contributed by atoms with Crippen LogP contribution in [0.25, 0.3) is 0 Å². The van der Waals surface area contributed by atoms with Crippen LogP contribution in [0.3, 0.4) is 0 Å². The highest BCUT2D eigenvalue weighted by molar-refractivity contribution is 5.01. The highest BCUT2D eigenvalue weighted by Gasteiger charge is 2.01. The first-order valence-electron chi connectivity index (χ1n) is 3.97. The van der Waals surface area contributed by atoms with Gasteiger partial charge in [-0.05, 0) is 12.8 Å². The molecule has 0 spiro atoms. The summed E-state index contributed by atoms with van der Waals surface area (Å²) < 4.78 is 12.9. The van der Waals surface area contributed by atoms with E-state index in [9.17, 15) is 9.18 Å². The number of nitrogens with zero attached hydrogens (tertiary/aromatic N) is 1. The highest BCUT2D eigenvalue weighted by atomic mass is 19.1. The lowest BCUT2D eigenvalue weighted by atomic mass is 10.2. The van der Waals surface area contributed by atoms with E-state index in [4.69, 9.17) is 0 Å². The SMILES string of the molecule is CCCCc1[nH]c(=O)ncc1F. The van der Waals surface area contributed by atoms with Crippen molar-refractivity contribution in [3.8, 4) is 0 Å². The molecule has 12 heavy (non-hydrogen) atoms. The summed E-state index contributed by atoms with van der Waals surface area (Å²) in [5, 5.41) is 0. The molecule has 0 aliphatic rings. The Morgan fingerprint density at radius 2 is 2.42 bits per heavy atom. The number of hydrogen-bond donors (Lipinski definition) is 1. The fraction of sp³-hybridized carbons (Fsp3) is 0.500. The Morgan fingerprint density at radius 3 is 3.08 bits per heavy atom. The lowest BCUT2D eigenvalue weighted by molar-refractivity contribution is 0.579. The zero-order valence-corrected chi connectivity index (χ0v) is 6.93. The van der Waals surface area contributed by atoms with Crippen LogP contribution in [-0.2, 0) is 6.42 Å². The Balaban J connectivity index is 2.82. The molecule has 0 fully saturated rings. The molecule has 0 atom stereocenters. The van der Waals surface area contributed by atoms with Crippen molar-refractivity contribution in [3.05, 3.63) is 28.2 Å². The summed E-state index contributed by atoms with van der Waals surface area (Å²) in [6, 6.07) is 0. The third-order valence-corrected chi connectivity index (χ3v) is 1.62. The van der Waals surface area contributed by atoms with Gasteiger partial charge >= 0.3 is 5.69 Å². The van der Waals surface area contributed by atoms with Crippen molar-refractivity contribution in [2.24, 2.45) is 0 Å². The highest BCUT2D eigenvalue weighted by Crippen LogP contribution is 2.03. The van der Waals surface area contributed by atoms with Crippen LogP contribution in [-0.4, -0.2) is 9.97 Å². The summed E-state index contributed by atoms with van der Waals surface area (Å²) in [5.74, 6) is -0.428. The van der Waals surface area contributed by atoms with Crippen molar-refractivity contribution < 1.29 is 4.39 Å². The summed E-state index contributed by atoms with van der Waals surface area (Å²) in [5.41, 5.74) is -0.126. The van der Waals surface area contributed by atoms with E-state index in [0.717, 1.165) is 19.0 Å². The smallest absolute Gasteiger partial charge is 0.307 e. The number of halogens is 1. The second-order valence-electron chi connectivity index (χ2n) is 2.62. The molecule has 1 aromatic rings. The van der Waals surface area contributed by atoms with E-state index in [0.29, 0.717) is 12.1 Å². The topological polar surface area (TPSA) is 45.8 Å². The van der Waals surface area contributed by atoms with Crippen LogP contribution < -0.4 is 5.69 Å². The van der Waals surface area contributed by atoms with Crippen LogP contribution in [0.15, 0.2) is 11.0 Å². The molecule has 3 nitrogen and oxygen atoms in total. The number of aromatic amines is 1. The molecule has 0 aromatic carbocycles. The largest absolute Gasteiger partial charge is 0.345 e. The summed E-state index contributed by atoms with van der Waals surface area (Å²) in [7, 11) is 0. The number of hydrogen-bond acceptors (Lipinski definition) is 2. The maximum Gasteiger partial charge on any atom is 0.345 e. The molecule has 0 saturated heterocycles. The summed E-state index contributed by atoms with van der Waals surface area (Å²) in [6.45, 7) is 2.01. The molecule has 1 aromatic heterocycles. The molecular formula is C8H11FN2O. The van der Waals surface area contributed by atoms with E-state index in [-0.39, 0.29) is 0 Å². The predicted octanol–water partition coefficient (Wildman–Crippen LogP) is 1.25. The van der Waals surface area contributed by atoms with Gasteiger partial charge < -0.3 is 4.98 Å². The van der Waals surface area contributed by atoms with Gasteiger partial charge in [-0.1, -0.05) is 13.3 Å². The molecule has 1 heterocycles. The number of unbranched alkanes of at least 4 members (excludes halogenated alkanes) is 1. The minimum atomic E-state index is -0.484. The number of aromatic nitrogens is 2. The molecule has 0 aliphatic heterocycles. The molecule has 0 aliphatic carbocycles. The lowest BCUT2D eigenvalue weighted by Crippen LogP contribution is -2.13. The van der Waals surface area contributed by atoms with E-state index in [2.05, 4.69) is 9.97 Å². The first-order valence-corrected chi connectivity index (χ1v) is 3.97. The van der Waals surface area contributed by atoms with Gasteiger partial charge in [-0.25, -0.2) is 9.18 Å². The van der Waals surface area contributed by atoms with Gasteiger partial charge in [-0.3, -0.25) is 0 Å². The normalized spacial score (nSPS) is 10.2. The third kappa shape index (κ3) is 2.15. The molecule has 0 radical (unpaired) electrons. The zero-order chi connectivity index (χ0) is 8.97. The number of aryl methyl sites for hydroxylation is 1. The Hall–Kier alpha value is -1.19. The standard InChI is InChI=1S/C8H11FN2O/c1-2-3-4-7-6(9)5-10-8(12)11-7/h5H,2-4H2,1H3,(H,10,11,12). The fourth-order valence-corrected chi connectivity index (χ4v) is 0.950. The Morgan fingerprint density at radius 1 is 1.67 bits per heavy atom. The molecular weight excluding hydrogens is 159 g/mol. The summed E-state index contributed by atoms with van der Waals surface area (Å²) >= 11 is 0. The first kappa shape index (κ1) is 8.90. The average molecular weight is 170 g/mol. The maximum absolute atomic E-state index is 12.9. The second-order valence-corrected chi connectivity index (χ2v) is 2.62. The van der Waals surface area contributed by atoms with Gasteiger partial charge in [0, 0.05) is 0 Å². The summed E-state index contributed by atoms with van der Waals surface area (Å²) in [6.07, 6.45) is 3.38. The van der Waals surface area contributed by atoms with Crippen LogP contribution in [0, 0.1) is 5.82 Å². The minimum absolute atomic E-state index is 0.358. The van der Waals surface area contributed by atoms with Crippen molar-refractivity contribution in [2.45, 2.75) is 26.2 Å². The van der Waals surface area contributed by atoms with Gasteiger partial charge in [0.15, 0.2) is 5.82 Å². The van der Waals surface area contributed by atoms with Gasteiger partial charge in [-0.15, -0.1) is 0 Å². The predicted molar refractivity (Wildman–Crippen MR) is 43.4 cm³/mol. The summed E-state index contributed by atoms with van der Waals surface area (Å²) in [4.78, 5) is 16.3. The lowest BCUT2D eigenvalue weighted by Gasteiger charge is -1.99. The van der Waals surface area contributed by atoms with Crippen LogP contribution in [0.1, 0.15) is 25.5 Å². The Labute approximate surface area is 69.7 Å². The van der Waals surface area contributed by atoms with Crippen molar-refractivity contribution in [1.29, 1.82) is 0 Å². The number of rotatable bonds is 3. The first-order chi connectivity index (χ1) is 5.74. The molecule has 4 heteroatoms. The molecule has 0 unspecified atom stereocenters. The molecule has 0 amide bonds. The minimum Gasteiger partial charge on any atom is -0.307 e. The van der Waals surface area contributed by atoms with Gasteiger partial charge in [0.2, 0.25) is 0 Å². The van der Waals surface area contributed by atoms with Crippen LogP contribution in [0.2, 0.25) is 0 Å². The molecule has 0 bridgehead atoms. The van der Waals surface area contributed by atoms with Crippen LogP contribution >= 0.6 is 0 Å². The Kier molecular flexibility index (Phi) is 2.96. The third-order valence-electron chi connectivity index (χ3n) is 1.62. The van der Waals surface area contributed by atoms with Crippen molar-refractivity contribution in [1.82, 2.24) is 9.97 Å². The van der Waals surface area contributed by atoms with Gasteiger partial charge in [-0.2, -0.15) is 4.98 Å².